The number of thioether (sulfide) groups is 1. The van der Waals surface area contributed by atoms with Gasteiger partial charge in [-0.15, -0.1) is 11.8 Å². The van der Waals surface area contributed by atoms with Crippen LogP contribution in [0.3, 0.4) is 0 Å². The number of carbonyl (C=O) groups excluding carboxylic acids is 1. The molecule has 20 heavy (non-hydrogen) atoms. The molecule has 1 fully saturated rings. The van der Waals surface area contributed by atoms with Crippen molar-refractivity contribution in [2.24, 2.45) is 11.8 Å². The summed E-state index contributed by atoms with van der Waals surface area (Å²) in [6.07, 6.45) is 1.23. The quantitative estimate of drug-likeness (QED) is 0.747. The van der Waals surface area contributed by atoms with E-state index in [0.29, 0.717) is 11.8 Å². The van der Waals surface area contributed by atoms with Crippen molar-refractivity contribution in [1.82, 2.24) is 4.90 Å². The number of amides is 1. The number of halogens is 1. The molecule has 1 amide bonds. The van der Waals surface area contributed by atoms with E-state index in [1.807, 2.05) is 19.1 Å². The molecule has 0 aromatic heterocycles. The molecular formula is C16H22BrNOS. The second-order valence-corrected chi connectivity index (χ2v) is 8.23. The number of nitrogens with zero attached hydrogens (tertiary/aromatic N) is 1. The van der Waals surface area contributed by atoms with Crippen LogP contribution in [0, 0.1) is 11.8 Å². The van der Waals surface area contributed by atoms with Crippen molar-refractivity contribution in [2.45, 2.75) is 37.3 Å². The Bertz CT molecular complexity index is 452. The van der Waals surface area contributed by atoms with E-state index >= 15 is 0 Å². The van der Waals surface area contributed by atoms with E-state index in [9.17, 15) is 4.79 Å². The fraction of sp³-hybridized carbons (Fsp3) is 0.562. The molecule has 1 saturated heterocycles. The smallest absolute Gasteiger partial charge is 0.235 e. The van der Waals surface area contributed by atoms with Crippen molar-refractivity contribution in [3.05, 3.63) is 28.7 Å². The lowest BCUT2D eigenvalue weighted by Crippen LogP contribution is -2.45. The second-order valence-electron chi connectivity index (χ2n) is 5.90. The number of hydrogen-bond acceptors (Lipinski definition) is 2. The van der Waals surface area contributed by atoms with Gasteiger partial charge in [0.25, 0.3) is 0 Å². The molecule has 0 saturated carbocycles. The summed E-state index contributed by atoms with van der Waals surface area (Å²) in [4.78, 5) is 15.8. The molecule has 1 aromatic carbocycles. The molecule has 2 nitrogen and oxygen atoms in total. The summed E-state index contributed by atoms with van der Waals surface area (Å²) >= 11 is 5.08. The number of likely N-dealkylation sites (tertiary alicyclic amines) is 1. The van der Waals surface area contributed by atoms with Crippen molar-refractivity contribution in [1.29, 1.82) is 0 Å². The minimum Gasteiger partial charge on any atom is -0.341 e. The van der Waals surface area contributed by atoms with Crippen molar-refractivity contribution in [2.75, 3.05) is 13.1 Å². The molecule has 0 bridgehead atoms. The SMILES string of the molecule is CC1CC(C)CN(C(=O)C(C)Sc2ccc(Br)cc2)C1. The van der Waals surface area contributed by atoms with Crippen LogP contribution in [0.1, 0.15) is 27.2 Å². The van der Waals surface area contributed by atoms with Gasteiger partial charge in [-0.05, 0) is 49.4 Å². The molecule has 0 N–H and O–H groups in total. The zero-order valence-electron chi connectivity index (χ0n) is 12.3. The van der Waals surface area contributed by atoms with Crippen LogP contribution in [-0.4, -0.2) is 29.1 Å². The van der Waals surface area contributed by atoms with E-state index in [4.69, 9.17) is 0 Å². The van der Waals surface area contributed by atoms with Gasteiger partial charge in [-0.2, -0.15) is 0 Å². The van der Waals surface area contributed by atoms with Gasteiger partial charge < -0.3 is 4.90 Å². The number of rotatable bonds is 3. The van der Waals surface area contributed by atoms with Gasteiger partial charge in [0.05, 0.1) is 5.25 Å². The largest absolute Gasteiger partial charge is 0.341 e. The van der Waals surface area contributed by atoms with Gasteiger partial charge in [0.15, 0.2) is 0 Å². The highest BCUT2D eigenvalue weighted by atomic mass is 79.9. The number of benzene rings is 1. The molecule has 0 radical (unpaired) electrons. The number of hydrogen-bond donors (Lipinski definition) is 0. The molecular weight excluding hydrogens is 334 g/mol. The highest BCUT2D eigenvalue weighted by molar-refractivity contribution is 9.10. The second kappa shape index (κ2) is 6.99. The van der Waals surface area contributed by atoms with Crippen molar-refractivity contribution in [3.63, 3.8) is 0 Å². The Balaban J connectivity index is 1.96. The Hall–Kier alpha value is -0.480. The van der Waals surface area contributed by atoms with Crippen LogP contribution in [-0.2, 0) is 4.79 Å². The zero-order chi connectivity index (χ0) is 14.7. The summed E-state index contributed by atoms with van der Waals surface area (Å²) < 4.78 is 1.07. The average Bonchev–Trinajstić information content (AvgIpc) is 2.39. The monoisotopic (exact) mass is 355 g/mol. The van der Waals surface area contributed by atoms with Crippen molar-refractivity contribution < 1.29 is 4.79 Å². The Morgan fingerprint density at radius 1 is 1.25 bits per heavy atom. The van der Waals surface area contributed by atoms with Crippen LogP contribution in [0.5, 0.6) is 0 Å². The predicted molar refractivity (Wildman–Crippen MR) is 89.0 cm³/mol. The number of carbonyl (C=O) groups is 1. The highest BCUT2D eigenvalue weighted by Crippen LogP contribution is 2.28. The zero-order valence-corrected chi connectivity index (χ0v) is 14.7. The Morgan fingerprint density at radius 3 is 2.35 bits per heavy atom. The van der Waals surface area contributed by atoms with E-state index in [1.165, 1.54) is 6.42 Å². The first-order valence-electron chi connectivity index (χ1n) is 7.16. The van der Waals surface area contributed by atoms with Crippen LogP contribution in [0.15, 0.2) is 33.6 Å². The third kappa shape index (κ3) is 4.26. The maximum Gasteiger partial charge on any atom is 0.235 e. The minimum atomic E-state index is -0.0197. The third-order valence-corrected chi connectivity index (χ3v) is 5.28. The van der Waals surface area contributed by atoms with Crippen LogP contribution in [0.4, 0.5) is 0 Å². The van der Waals surface area contributed by atoms with E-state index in [0.717, 1.165) is 22.5 Å². The van der Waals surface area contributed by atoms with Crippen LogP contribution in [0.2, 0.25) is 0 Å². The molecule has 4 heteroatoms. The molecule has 1 aliphatic rings. The lowest BCUT2D eigenvalue weighted by Gasteiger charge is -2.36. The fourth-order valence-corrected chi connectivity index (χ4v) is 4.08. The summed E-state index contributed by atoms with van der Waals surface area (Å²) in [5, 5.41) is -0.0197. The van der Waals surface area contributed by atoms with Crippen LogP contribution in [0.25, 0.3) is 0 Å². The van der Waals surface area contributed by atoms with Crippen molar-refractivity contribution in [3.8, 4) is 0 Å². The first-order chi connectivity index (χ1) is 9.45. The van der Waals surface area contributed by atoms with Gasteiger partial charge in [0.1, 0.15) is 0 Å². The maximum absolute atomic E-state index is 12.6. The first-order valence-corrected chi connectivity index (χ1v) is 8.84. The fourth-order valence-electron chi connectivity index (χ4n) is 2.87. The van der Waals surface area contributed by atoms with Gasteiger partial charge >= 0.3 is 0 Å². The van der Waals surface area contributed by atoms with Crippen LogP contribution >= 0.6 is 27.7 Å². The summed E-state index contributed by atoms with van der Waals surface area (Å²) in [7, 11) is 0. The van der Waals surface area contributed by atoms with Gasteiger partial charge in [-0.25, -0.2) is 0 Å². The molecule has 110 valence electrons. The first kappa shape index (κ1) is 15.9. The van der Waals surface area contributed by atoms with E-state index in [1.54, 1.807) is 11.8 Å². The molecule has 0 aliphatic carbocycles. The molecule has 1 aliphatic heterocycles. The third-order valence-electron chi connectivity index (χ3n) is 3.65. The Labute approximate surface area is 134 Å². The minimum absolute atomic E-state index is 0.0197. The lowest BCUT2D eigenvalue weighted by molar-refractivity contribution is -0.132. The van der Waals surface area contributed by atoms with Gasteiger partial charge in [0, 0.05) is 22.5 Å². The maximum atomic E-state index is 12.6. The highest BCUT2D eigenvalue weighted by Gasteiger charge is 2.28. The number of piperidine rings is 1. The van der Waals surface area contributed by atoms with E-state index in [-0.39, 0.29) is 11.2 Å². The Morgan fingerprint density at radius 2 is 1.80 bits per heavy atom. The van der Waals surface area contributed by atoms with Gasteiger partial charge in [-0.1, -0.05) is 29.8 Å². The topological polar surface area (TPSA) is 20.3 Å². The van der Waals surface area contributed by atoms with E-state index < -0.39 is 0 Å². The summed E-state index contributed by atoms with van der Waals surface area (Å²) in [5.41, 5.74) is 0. The molecule has 3 atom stereocenters. The van der Waals surface area contributed by atoms with Gasteiger partial charge in [0.2, 0.25) is 5.91 Å². The van der Waals surface area contributed by atoms with Gasteiger partial charge in [-0.3, -0.25) is 4.79 Å². The molecule has 3 unspecified atom stereocenters. The van der Waals surface area contributed by atoms with Crippen molar-refractivity contribution >= 4 is 33.6 Å². The molecule has 1 aromatic rings. The Kier molecular flexibility index (Phi) is 5.56. The standard InChI is InChI=1S/C16H22BrNOS/c1-11-8-12(2)10-18(9-11)16(19)13(3)20-15-6-4-14(17)5-7-15/h4-7,11-13H,8-10H2,1-3H3. The lowest BCUT2D eigenvalue weighted by atomic mass is 9.92. The van der Waals surface area contributed by atoms with Crippen LogP contribution < -0.4 is 0 Å². The van der Waals surface area contributed by atoms with E-state index in [2.05, 4.69) is 46.8 Å². The predicted octanol–water partition coefficient (Wildman–Crippen LogP) is 4.43. The normalized spacial score (nSPS) is 24.5. The average molecular weight is 356 g/mol. The summed E-state index contributed by atoms with van der Waals surface area (Å²) in [6.45, 7) is 8.31. The molecule has 2 rings (SSSR count). The molecule has 0 spiro atoms. The summed E-state index contributed by atoms with van der Waals surface area (Å²) in [5.74, 6) is 1.51. The molecule has 1 heterocycles. The summed E-state index contributed by atoms with van der Waals surface area (Å²) in [6, 6.07) is 8.15.